The monoisotopic (exact) mass is 327 g/mol. The van der Waals surface area contributed by atoms with Gasteiger partial charge in [-0.15, -0.1) is 0 Å². The summed E-state index contributed by atoms with van der Waals surface area (Å²) < 4.78 is 0. The lowest BCUT2D eigenvalue weighted by Gasteiger charge is -2.57. The molecule has 4 rings (SSSR count). The van der Waals surface area contributed by atoms with Crippen LogP contribution in [-0.2, 0) is 4.84 Å². The Balaban J connectivity index is 1.63. The molecule has 0 aromatic rings. The van der Waals surface area contributed by atoms with Gasteiger partial charge in [0.2, 0.25) is 0 Å². The van der Waals surface area contributed by atoms with Crippen molar-refractivity contribution in [3.63, 3.8) is 0 Å². The van der Waals surface area contributed by atoms with Gasteiger partial charge in [-0.05, 0) is 81.5 Å². The summed E-state index contributed by atoms with van der Waals surface area (Å²) in [6.07, 6.45) is 12.8. The summed E-state index contributed by atoms with van der Waals surface area (Å²) in [5.74, 6) is 2.57. The Morgan fingerprint density at radius 1 is 1.08 bits per heavy atom. The van der Waals surface area contributed by atoms with E-state index in [2.05, 4.69) is 31.7 Å². The summed E-state index contributed by atoms with van der Waals surface area (Å²) in [5.41, 5.74) is 5.16. The van der Waals surface area contributed by atoms with Crippen LogP contribution in [0.5, 0.6) is 0 Å². The normalized spacial score (nSPS) is 46.1. The maximum Gasteiger partial charge on any atom is 0.114 e. The quantitative estimate of drug-likeness (QED) is 0.579. The molecule has 4 aliphatic rings. The maximum atomic E-state index is 5.45. The topological polar surface area (TPSA) is 21.6 Å². The predicted molar refractivity (Wildman–Crippen MR) is 99.9 cm³/mol. The van der Waals surface area contributed by atoms with E-state index in [1.165, 1.54) is 56.2 Å². The standard InChI is InChI=1S/C22H33NO/c1-5-24-23-20-9-8-18-17-7-6-16-14-15(2)10-12-21(16,3)19(17)11-13-22(18,20)4/h14,17-19H,2,5-13H2,1,3-4H3/b23-20+. The molecule has 2 nitrogen and oxygen atoms in total. The van der Waals surface area contributed by atoms with Crippen molar-refractivity contribution in [3.05, 3.63) is 23.8 Å². The van der Waals surface area contributed by atoms with Crippen LogP contribution in [0.25, 0.3) is 0 Å². The molecule has 3 fully saturated rings. The van der Waals surface area contributed by atoms with Crippen molar-refractivity contribution < 1.29 is 4.84 Å². The van der Waals surface area contributed by atoms with Crippen LogP contribution in [0.3, 0.4) is 0 Å². The molecule has 0 aromatic carbocycles. The Bertz CT molecular complexity index is 603. The first kappa shape index (κ1) is 16.4. The van der Waals surface area contributed by atoms with Crippen LogP contribution >= 0.6 is 0 Å². The Labute approximate surface area is 147 Å². The van der Waals surface area contributed by atoms with E-state index in [1.54, 1.807) is 5.57 Å². The molecule has 0 radical (unpaired) electrons. The summed E-state index contributed by atoms with van der Waals surface area (Å²) in [5, 5.41) is 4.54. The smallest absolute Gasteiger partial charge is 0.114 e. The summed E-state index contributed by atoms with van der Waals surface area (Å²) >= 11 is 0. The summed E-state index contributed by atoms with van der Waals surface area (Å²) in [6.45, 7) is 12.0. The SMILES string of the molecule is C=C1C=C2CCC3C(CCC4(C)/C(=N/OCC)CCC34)C2(C)CC1. The minimum atomic E-state index is 0.298. The second-order valence-electron chi connectivity index (χ2n) is 9.11. The number of allylic oxidation sites excluding steroid dienone is 3. The van der Waals surface area contributed by atoms with E-state index in [9.17, 15) is 0 Å². The van der Waals surface area contributed by atoms with Crippen LogP contribution in [-0.4, -0.2) is 12.3 Å². The number of fused-ring (bicyclic) bond motifs is 5. The van der Waals surface area contributed by atoms with Gasteiger partial charge in [0.1, 0.15) is 6.61 Å². The van der Waals surface area contributed by atoms with Gasteiger partial charge < -0.3 is 4.84 Å². The van der Waals surface area contributed by atoms with Gasteiger partial charge in [0, 0.05) is 5.41 Å². The van der Waals surface area contributed by atoms with E-state index in [-0.39, 0.29) is 0 Å². The van der Waals surface area contributed by atoms with Crippen molar-refractivity contribution >= 4 is 5.71 Å². The lowest BCUT2D eigenvalue weighted by atomic mass is 9.47. The third-order valence-corrected chi connectivity index (χ3v) is 8.12. The molecule has 0 amide bonds. The first-order valence-corrected chi connectivity index (χ1v) is 10.1. The summed E-state index contributed by atoms with van der Waals surface area (Å²) in [4.78, 5) is 5.45. The first-order chi connectivity index (χ1) is 11.5. The largest absolute Gasteiger partial charge is 0.396 e. The minimum absolute atomic E-state index is 0.298. The zero-order chi connectivity index (χ0) is 16.9. The van der Waals surface area contributed by atoms with Gasteiger partial charge in [0.15, 0.2) is 0 Å². The van der Waals surface area contributed by atoms with Crippen molar-refractivity contribution in [1.82, 2.24) is 0 Å². The van der Waals surface area contributed by atoms with Crippen molar-refractivity contribution in [3.8, 4) is 0 Å². The zero-order valence-electron chi connectivity index (χ0n) is 15.7. The van der Waals surface area contributed by atoms with Gasteiger partial charge in [0.05, 0.1) is 5.71 Å². The molecule has 3 saturated carbocycles. The van der Waals surface area contributed by atoms with Crippen LogP contribution in [0.4, 0.5) is 0 Å². The van der Waals surface area contributed by atoms with Crippen LogP contribution in [0, 0.1) is 28.6 Å². The molecule has 5 unspecified atom stereocenters. The van der Waals surface area contributed by atoms with Gasteiger partial charge in [-0.1, -0.05) is 42.8 Å². The average Bonchev–Trinajstić information content (AvgIpc) is 2.90. The van der Waals surface area contributed by atoms with E-state index >= 15 is 0 Å². The number of hydrogen-bond donors (Lipinski definition) is 0. The lowest BCUT2D eigenvalue weighted by molar-refractivity contribution is -0.0176. The molecule has 0 N–H and O–H groups in total. The second kappa shape index (κ2) is 5.75. The molecular weight excluding hydrogens is 294 g/mol. The Kier molecular flexibility index (Phi) is 3.93. The van der Waals surface area contributed by atoms with Crippen LogP contribution in [0.2, 0.25) is 0 Å². The second-order valence-corrected chi connectivity index (χ2v) is 9.11. The highest BCUT2D eigenvalue weighted by molar-refractivity contribution is 5.92. The molecule has 0 spiro atoms. The Hall–Kier alpha value is -1.05. The Morgan fingerprint density at radius 2 is 1.88 bits per heavy atom. The van der Waals surface area contributed by atoms with Gasteiger partial charge >= 0.3 is 0 Å². The fraction of sp³-hybridized carbons (Fsp3) is 0.773. The van der Waals surface area contributed by atoms with Crippen LogP contribution in [0.15, 0.2) is 29.0 Å². The lowest BCUT2D eigenvalue weighted by Crippen LogP contribution is -2.50. The number of oxime groups is 1. The van der Waals surface area contributed by atoms with Crippen molar-refractivity contribution in [2.75, 3.05) is 6.61 Å². The van der Waals surface area contributed by atoms with Crippen molar-refractivity contribution in [2.45, 2.75) is 72.1 Å². The van der Waals surface area contributed by atoms with E-state index in [4.69, 9.17) is 4.84 Å². The van der Waals surface area contributed by atoms with Crippen LogP contribution in [0.1, 0.15) is 72.1 Å². The molecule has 5 atom stereocenters. The van der Waals surface area contributed by atoms with E-state index in [1.807, 2.05) is 6.92 Å². The average molecular weight is 328 g/mol. The fourth-order valence-electron chi connectivity index (χ4n) is 6.73. The molecule has 2 heteroatoms. The maximum absolute atomic E-state index is 5.45. The number of hydrogen-bond acceptors (Lipinski definition) is 2. The minimum Gasteiger partial charge on any atom is -0.396 e. The van der Waals surface area contributed by atoms with Crippen molar-refractivity contribution in [1.29, 1.82) is 0 Å². The van der Waals surface area contributed by atoms with Gasteiger partial charge in [0.25, 0.3) is 0 Å². The highest BCUT2D eigenvalue weighted by Gasteiger charge is 2.58. The summed E-state index contributed by atoms with van der Waals surface area (Å²) in [6, 6.07) is 0. The van der Waals surface area contributed by atoms with E-state index < -0.39 is 0 Å². The highest BCUT2D eigenvalue weighted by atomic mass is 16.6. The highest BCUT2D eigenvalue weighted by Crippen LogP contribution is 2.64. The molecular formula is C22H33NO. The third-order valence-electron chi connectivity index (χ3n) is 8.12. The molecule has 132 valence electrons. The fourth-order valence-corrected chi connectivity index (χ4v) is 6.73. The van der Waals surface area contributed by atoms with Crippen LogP contribution < -0.4 is 0 Å². The zero-order valence-corrected chi connectivity index (χ0v) is 15.7. The number of rotatable bonds is 2. The van der Waals surface area contributed by atoms with Gasteiger partial charge in [-0.2, -0.15) is 0 Å². The van der Waals surface area contributed by atoms with Gasteiger partial charge in [-0.3, -0.25) is 0 Å². The molecule has 4 aliphatic carbocycles. The predicted octanol–water partition coefficient (Wildman–Crippen LogP) is 5.90. The van der Waals surface area contributed by atoms with E-state index in [0.29, 0.717) is 17.4 Å². The molecule has 0 aromatic heterocycles. The number of nitrogens with zero attached hydrogens (tertiary/aromatic N) is 1. The molecule has 0 aliphatic heterocycles. The molecule has 0 saturated heterocycles. The van der Waals surface area contributed by atoms with Crippen molar-refractivity contribution in [2.24, 2.45) is 33.7 Å². The molecule has 24 heavy (non-hydrogen) atoms. The molecule has 0 heterocycles. The van der Waals surface area contributed by atoms with E-state index in [0.717, 1.165) is 24.2 Å². The third kappa shape index (κ3) is 2.24. The molecule has 0 bridgehead atoms. The Morgan fingerprint density at radius 3 is 2.67 bits per heavy atom. The van der Waals surface area contributed by atoms with Gasteiger partial charge in [-0.25, -0.2) is 0 Å². The first-order valence-electron chi connectivity index (χ1n) is 10.1. The summed E-state index contributed by atoms with van der Waals surface area (Å²) in [7, 11) is 0.